The molecule has 1 saturated heterocycles. The van der Waals surface area contributed by atoms with Crippen molar-refractivity contribution >= 4 is 51.0 Å². The Kier molecular flexibility index (Phi) is 6.39. The molecule has 0 aromatic heterocycles. The Bertz CT molecular complexity index is 1140. The molecule has 7 heteroatoms. The molecule has 0 bridgehead atoms. The SMILES string of the molecule is CCOc1ccc2ccc(OCC)c(C[C@@H]3SC(=O)N(c4cccc(Cl)c4)C3=O)c2c1. The van der Waals surface area contributed by atoms with Crippen LogP contribution in [0.2, 0.25) is 5.02 Å². The Morgan fingerprint density at radius 2 is 1.77 bits per heavy atom. The summed E-state index contributed by atoms with van der Waals surface area (Å²) in [4.78, 5) is 27.1. The van der Waals surface area contributed by atoms with E-state index in [1.807, 2.05) is 44.2 Å². The molecule has 4 rings (SSSR count). The molecule has 1 aliphatic heterocycles. The van der Waals surface area contributed by atoms with Crippen molar-refractivity contribution < 1.29 is 19.1 Å². The molecule has 1 fully saturated rings. The molecule has 2 amide bonds. The predicted molar refractivity (Wildman–Crippen MR) is 126 cm³/mol. The Labute approximate surface area is 190 Å². The highest BCUT2D eigenvalue weighted by Gasteiger charge is 2.41. The summed E-state index contributed by atoms with van der Waals surface area (Å²) in [5, 5.41) is 1.61. The van der Waals surface area contributed by atoms with E-state index in [9.17, 15) is 9.59 Å². The minimum Gasteiger partial charge on any atom is -0.494 e. The van der Waals surface area contributed by atoms with Crippen LogP contribution in [-0.2, 0) is 11.2 Å². The van der Waals surface area contributed by atoms with Crippen molar-refractivity contribution in [3.05, 3.63) is 65.2 Å². The van der Waals surface area contributed by atoms with Crippen LogP contribution < -0.4 is 14.4 Å². The summed E-state index contributed by atoms with van der Waals surface area (Å²) in [7, 11) is 0. The highest BCUT2D eigenvalue weighted by Crippen LogP contribution is 2.38. The number of carbonyl (C=O) groups excluding carboxylic acids is 2. The Hall–Kier alpha value is -2.70. The maximum absolute atomic E-state index is 13.2. The molecule has 0 radical (unpaired) electrons. The number of hydrogen-bond donors (Lipinski definition) is 0. The zero-order valence-electron chi connectivity index (χ0n) is 17.3. The fourth-order valence-corrected chi connectivity index (χ4v) is 4.90. The third-order valence-corrected chi connectivity index (χ3v) is 6.32. The van der Waals surface area contributed by atoms with Gasteiger partial charge in [0.2, 0.25) is 5.91 Å². The van der Waals surface area contributed by atoms with Gasteiger partial charge in [-0.15, -0.1) is 0 Å². The second-order valence-corrected chi connectivity index (χ2v) is 8.61. The van der Waals surface area contributed by atoms with Crippen molar-refractivity contribution in [3.8, 4) is 11.5 Å². The summed E-state index contributed by atoms with van der Waals surface area (Å²) < 4.78 is 11.5. The van der Waals surface area contributed by atoms with Gasteiger partial charge in [-0.2, -0.15) is 0 Å². The Balaban J connectivity index is 1.71. The van der Waals surface area contributed by atoms with Crippen molar-refractivity contribution in [2.75, 3.05) is 18.1 Å². The summed E-state index contributed by atoms with van der Waals surface area (Å²) in [5.74, 6) is 1.22. The molecule has 1 heterocycles. The smallest absolute Gasteiger partial charge is 0.293 e. The van der Waals surface area contributed by atoms with E-state index in [1.54, 1.807) is 24.3 Å². The van der Waals surface area contributed by atoms with Gasteiger partial charge in [0, 0.05) is 10.6 Å². The van der Waals surface area contributed by atoms with Gasteiger partial charge in [-0.1, -0.05) is 41.6 Å². The van der Waals surface area contributed by atoms with Gasteiger partial charge in [-0.25, -0.2) is 4.90 Å². The largest absolute Gasteiger partial charge is 0.494 e. The first-order valence-corrected chi connectivity index (χ1v) is 11.4. The average Bonchev–Trinajstić information content (AvgIpc) is 3.03. The number of halogens is 1. The van der Waals surface area contributed by atoms with Gasteiger partial charge in [0.1, 0.15) is 11.5 Å². The van der Waals surface area contributed by atoms with Crippen LogP contribution >= 0.6 is 23.4 Å². The molecule has 3 aromatic rings. The fourth-order valence-electron chi connectivity index (χ4n) is 3.72. The zero-order valence-corrected chi connectivity index (χ0v) is 18.8. The molecule has 160 valence electrons. The van der Waals surface area contributed by atoms with Gasteiger partial charge in [-0.3, -0.25) is 9.59 Å². The quantitative estimate of drug-likeness (QED) is 0.430. The third kappa shape index (κ3) is 4.36. The number of anilines is 1. The van der Waals surface area contributed by atoms with Crippen molar-refractivity contribution in [1.82, 2.24) is 0 Å². The lowest BCUT2D eigenvalue weighted by Gasteiger charge is -2.17. The first-order valence-electron chi connectivity index (χ1n) is 10.1. The van der Waals surface area contributed by atoms with Crippen LogP contribution in [0.5, 0.6) is 11.5 Å². The van der Waals surface area contributed by atoms with Gasteiger partial charge in [0.25, 0.3) is 5.24 Å². The molecule has 1 aliphatic rings. The van der Waals surface area contributed by atoms with Crippen molar-refractivity contribution in [2.45, 2.75) is 25.5 Å². The molecule has 3 aromatic carbocycles. The summed E-state index contributed by atoms with van der Waals surface area (Å²) >= 11 is 7.10. The van der Waals surface area contributed by atoms with E-state index in [1.165, 1.54) is 4.90 Å². The second kappa shape index (κ2) is 9.20. The minimum atomic E-state index is -0.549. The van der Waals surface area contributed by atoms with Gasteiger partial charge >= 0.3 is 0 Å². The van der Waals surface area contributed by atoms with E-state index in [-0.39, 0.29) is 11.1 Å². The Morgan fingerprint density at radius 3 is 2.52 bits per heavy atom. The van der Waals surface area contributed by atoms with E-state index >= 15 is 0 Å². The summed E-state index contributed by atoms with van der Waals surface area (Å²) in [6, 6.07) is 16.6. The fraction of sp³-hybridized carbons (Fsp3) is 0.250. The monoisotopic (exact) mass is 455 g/mol. The van der Waals surface area contributed by atoms with Crippen LogP contribution in [-0.4, -0.2) is 29.6 Å². The lowest BCUT2D eigenvalue weighted by Crippen LogP contribution is -2.32. The summed E-state index contributed by atoms with van der Waals surface area (Å²) in [5.41, 5.74) is 1.38. The van der Waals surface area contributed by atoms with Crippen LogP contribution in [0.3, 0.4) is 0 Å². The van der Waals surface area contributed by atoms with Crippen molar-refractivity contribution in [1.29, 1.82) is 0 Å². The molecular weight excluding hydrogens is 434 g/mol. The summed E-state index contributed by atoms with van der Waals surface area (Å²) in [6.45, 7) is 4.92. The van der Waals surface area contributed by atoms with Crippen LogP contribution in [0.25, 0.3) is 10.8 Å². The number of thioether (sulfide) groups is 1. The maximum Gasteiger partial charge on any atom is 0.293 e. The lowest BCUT2D eigenvalue weighted by molar-refractivity contribution is -0.117. The van der Waals surface area contributed by atoms with E-state index in [4.69, 9.17) is 21.1 Å². The van der Waals surface area contributed by atoms with Gasteiger partial charge in [0.05, 0.1) is 24.2 Å². The van der Waals surface area contributed by atoms with Crippen LogP contribution in [0.1, 0.15) is 19.4 Å². The van der Waals surface area contributed by atoms with Crippen LogP contribution in [0.15, 0.2) is 54.6 Å². The van der Waals surface area contributed by atoms with E-state index in [2.05, 4.69) is 0 Å². The van der Waals surface area contributed by atoms with Crippen molar-refractivity contribution in [2.24, 2.45) is 0 Å². The second-order valence-electron chi connectivity index (χ2n) is 7.02. The van der Waals surface area contributed by atoms with Gasteiger partial charge in [0.15, 0.2) is 0 Å². The standard InChI is InChI=1S/C24H22ClNO4S/c1-3-29-18-10-8-15-9-11-21(30-4-2)20(19(15)13-18)14-22-23(27)26(24(28)31-22)17-7-5-6-16(25)12-17/h5-13,22H,3-4,14H2,1-2H3/t22-/m0/s1. The Morgan fingerprint density at radius 1 is 1.00 bits per heavy atom. The molecule has 0 aliphatic carbocycles. The zero-order chi connectivity index (χ0) is 22.0. The van der Waals surface area contributed by atoms with Crippen molar-refractivity contribution in [3.63, 3.8) is 0 Å². The van der Waals surface area contributed by atoms with Crippen LogP contribution in [0, 0.1) is 0 Å². The lowest BCUT2D eigenvalue weighted by atomic mass is 9.98. The molecule has 1 atom stereocenters. The summed E-state index contributed by atoms with van der Waals surface area (Å²) in [6.07, 6.45) is 0.370. The topological polar surface area (TPSA) is 55.8 Å². The number of carbonyl (C=O) groups is 2. The molecular formula is C24H22ClNO4S. The molecule has 5 nitrogen and oxygen atoms in total. The molecule has 0 unspecified atom stereocenters. The number of benzene rings is 3. The number of fused-ring (bicyclic) bond motifs is 1. The average molecular weight is 456 g/mol. The highest BCUT2D eigenvalue weighted by molar-refractivity contribution is 8.15. The van der Waals surface area contributed by atoms with Gasteiger partial charge < -0.3 is 9.47 Å². The first kappa shape index (κ1) is 21.5. The highest BCUT2D eigenvalue weighted by atomic mass is 35.5. The van der Waals surface area contributed by atoms with Crippen LogP contribution in [0.4, 0.5) is 10.5 Å². The number of nitrogens with zero attached hydrogens (tertiary/aromatic N) is 1. The number of imide groups is 1. The van der Waals surface area contributed by atoms with E-state index in [0.29, 0.717) is 36.1 Å². The number of amides is 2. The number of hydrogen-bond acceptors (Lipinski definition) is 5. The molecule has 0 N–H and O–H groups in total. The van der Waals surface area contributed by atoms with E-state index < -0.39 is 5.25 Å². The molecule has 0 saturated carbocycles. The normalized spacial score (nSPS) is 16.2. The third-order valence-electron chi connectivity index (χ3n) is 5.05. The number of ether oxygens (including phenoxy) is 2. The predicted octanol–water partition coefficient (Wildman–Crippen LogP) is 6.10. The van der Waals surface area contributed by atoms with Gasteiger partial charge in [-0.05, 0) is 67.4 Å². The molecule has 31 heavy (non-hydrogen) atoms. The maximum atomic E-state index is 13.2. The molecule has 0 spiro atoms. The van der Waals surface area contributed by atoms with E-state index in [0.717, 1.165) is 33.8 Å². The minimum absolute atomic E-state index is 0.252. The first-order chi connectivity index (χ1) is 15.0. The number of rotatable bonds is 7.